The lowest BCUT2D eigenvalue weighted by molar-refractivity contribution is 0.105. The highest BCUT2D eigenvalue weighted by molar-refractivity contribution is 6.84. The minimum absolute atomic E-state index is 0.187. The van der Waals surface area contributed by atoms with Gasteiger partial charge in [-0.2, -0.15) is 0 Å². The summed E-state index contributed by atoms with van der Waals surface area (Å²) in [5.74, 6) is 13.9. The summed E-state index contributed by atoms with van der Waals surface area (Å²) in [6.07, 6.45) is 7.66. The summed E-state index contributed by atoms with van der Waals surface area (Å²) in [6, 6.07) is 7.25. The number of ether oxygens (including phenoxy) is 1. The number of ketones is 1. The first-order valence-electron chi connectivity index (χ1n) is 9.32. The van der Waals surface area contributed by atoms with Gasteiger partial charge in [-0.05, 0) is 36.3 Å². The average molecular weight is 377 g/mol. The molecule has 27 heavy (non-hydrogen) atoms. The first kappa shape index (κ1) is 22.5. The number of unbranched alkanes of at least 4 members (excludes halogenated alkanes) is 2. The van der Waals surface area contributed by atoms with Crippen LogP contribution in [-0.2, 0) is 4.74 Å². The number of rotatable bonds is 7. The molecule has 0 unspecified atom stereocenters. The van der Waals surface area contributed by atoms with Gasteiger partial charge < -0.3 is 4.74 Å². The maximum absolute atomic E-state index is 12.3. The zero-order valence-electron chi connectivity index (χ0n) is 16.8. The SMILES string of the molecule is CCCCC=CCOCC#CC#Cc1ccccc1C(=O)C#C[Si](C)(C)C. The first-order chi connectivity index (χ1) is 12.9. The van der Waals surface area contributed by atoms with Crippen LogP contribution in [0.1, 0.15) is 42.1 Å². The molecule has 0 aliphatic carbocycles. The van der Waals surface area contributed by atoms with Crippen molar-refractivity contribution in [2.24, 2.45) is 0 Å². The Kier molecular flexibility index (Phi) is 10.7. The summed E-state index contributed by atoms with van der Waals surface area (Å²) in [7, 11) is -1.59. The molecular formula is C24H28O2Si. The van der Waals surface area contributed by atoms with Gasteiger partial charge in [0, 0.05) is 11.1 Å². The first-order valence-corrected chi connectivity index (χ1v) is 12.8. The van der Waals surface area contributed by atoms with Crippen LogP contribution in [0.15, 0.2) is 36.4 Å². The Bertz CT molecular complexity index is 825. The van der Waals surface area contributed by atoms with E-state index < -0.39 is 8.07 Å². The third kappa shape index (κ3) is 10.9. The largest absolute Gasteiger partial charge is 0.365 e. The highest BCUT2D eigenvalue weighted by Gasteiger charge is 2.11. The molecular weight excluding hydrogens is 348 g/mol. The molecule has 0 N–H and O–H groups in total. The van der Waals surface area contributed by atoms with E-state index in [1.54, 1.807) is 6.07 Å². The van der Waals surface area contributed by atoms with Crippen LogP contribution < -0.4 is 0 Å². The van der Waals surface area contributed by atoms with E-state index in [4.69, 9.17) is 4.74 Å². The minimum Gasteiger partial charge on any atom is -0.365 e. The van der Waals surface area contributed by atoms with Crippen molar-refractivity contribution < 1.29 is 9.53 Å². The Labute approximate surface area is 165 Å². The summed E-state index contributed by atoms with van der Waals surface area (Å²) < 4.78 is 5.40. The Balaban J connectivity index is 2.61. The van der Waals surface area contributed by atoms with Gasteiger partial charge in [-0.3, -0.25) is 4.79 Å². The van der Waals surface area contributed by atoms with E-state index in [0.29, 0.717) is 24.3 Å². The van der Waals surface area contributed by atoms with Gasteiger partial charge in [0.05, 0.1) is 6.61 Å². The molecule has 1 aromatic rings. The summed E-state index contributed by atoms with van der Waals surface area (Å²) >= 11 is 0. The Hall–Kier alpha value is -2.51. The monoisotopic (exact) mass is 376 g/mol. The van der Waals surface area contributed by atoms with Gasteiger partial charge in [-0.15, -0.1) is 5.54 Å². The van der Waals surface area contributed by atoms with E-state index in [1.807, 2.05) is 24.3 Å². The number of Topliss-reactive ketones (excluding diaryl/α,β-unsaturated/α-hetero) is 1. The van der Waals surface area contributed by atoms with Crippen LogP contribution in [-0.4, -0.2) is 27.1 Å². The molecule has 0 amide bonds. The summed E-state index contributed by atoms with van der Waals surface area (Å²) in [4.78, 5) is 12.3. The highest BCUT2D eigenvalue weighted by Crippen LogP contribution is 2.08. The van der Waals surface area contributed by atoms with Crippen LogP contribution in [0.4, 0.5) is 0 Å². The molecule has 0 saturated carbocycles. The van der Waals surface area contributed by atoms with Gasteiger partial charge in [-0.25, -0.2) is 0 Å². The van der Waals surface area contributed by atoms with Crippen molar-refractivity contribution in [1.82, 2.24) is 0 Å². The molecule has 1 rings (SSSR count). The van der Waals surface area contributed by atoms with Crippen LogP contribution >= 0.6 is 0 Å². The lowest BCUT2D eigenvalue weighted by Crippen LogP contribution is -2.17. The smallest absolute Gasteiger partial charge is 0.236 e. The van der Waals surface area contributed by atoms with Crippen LogP contribution in [0.25, 0.3) is 0 Å². The fraction of sp³-hybridized carbons (Fsp3) is 0.375. The standard InChI is InChI=1S/C24H28O2Si/c1-5-6-7-8-13-19-26-20-14-9-10-15-22-16-11-12-17-23(22)24(25)18-21-27(2,3)4/h8,11-13,16-17H,5-7,19-20H2,1-4H3. The van der Waals surface area contributed by atoms with Crippen molar-refractivity contribution in [1.29, 1.82) is 0 Å². The summed E-state index contributed by atoms with van der Waals surface area (Å²) in [5, 5.41) is 0. The lowest BCUT2D eigenvalue weighted by Gasteiger charge is -2.03. The second-order valence-electron chi connectivity index (χ2n) is 7.06. The summed E-state index contributed by atoms with van der Waals surface area (Å²) in [5.41, 5.74) is 4.29. The van der Waals surface area contributed by atoms with Gasteiger partial charge in [0.25, 0.3) is 0 Å². The van der Waals surface area contributed by atoms with E-state index in [0.717, 1.165) is 6.42 Å². The molecule has 0 radical (unpaired) electrons. The molecule has 0 saturated heterocycles. The topological polar surface area (TPSA) is 26.3 Å². The Morgan fingerprint density at radius 3 is 2.67 bits per heavy atom. The Morgan fingerprint density at radius 1 is 1.15 bits per heavy atom. The highest BCUT2D eigenvalue weighted by atomic mass is 28.3. The van der Waals surface area contributed by atoms with Crippen LogP contribution in [0.2, 0.25) is 19.6 Å². The van der Waals surface area contributed by atoms with Crippen LogP contribution in [0.5, 0.6) is 0 Å². The van der Waals surface area contributed by atoms with E-state index >= 15 is 0 Å². The third-order valence-electron chi connectivity index (χ3n) is 3.35. The number of hydrogen-bond donors (Lipinski definition) is 0. The van der Waals surface area contributed by atoms with Crippen LogP contribution in [0, 0.1) is 35.1 Å². The maximum Gasteiger partial charge on any atom is 0.236 e. The van der Waals surface area contributed by atoms with Gasteiger partial charge >= 0.3 is 0 Å². The van der Waals surface area contributed by atoms with E-state index in [1.165, 1.54) is 12.8 Å². The van der Waals surface area contributed by atoms with Gasteiger partial charge in [0.15, 0.2) is 0 Å². The zero-order valence-corrected chi connectivity index (χ0v) is 17.8. The molecule has 3 heteroatoms. The van der Waals surface area contributed by atoms with Gasteiger partial charge in [0.1, 0.15) is 14.7 Å². The molecule has 0 fully saturated rings. The number of allylic oxidation sites excluding steroid dienone is 1. The van der Waals surface area contributed by atoms with E-state index in [2.05, 4.69) is 67.8 Å². The molecule has 0 aliphatic heterocycles. The third-order valence-corrected chi connectivity index (χ3v) is 4.23. The molecule has 2 nitrogen and oxygen atoms in total. The van der Waals surface area contributed by atoms with Gasteiger partial charge in [0.2, 0.25) is 5.78 Å². The molecule has 1 aromatic carbocycles. The van der Waals surface area contributed by atoms with Crippen molar-refractivity contribution in [2.45, 2.75) is 45.8 Å². The molecule has 0 spiro atoms. The normalized spacial score (nSPS) is 10.2. The Morgan fingerprint density at radius 2 is 1.93 bits per heavy atom. The van der Waals surface area contributed by atoms with E-state index in [-0.39, 0.29) is 5.78 Å². The lowest BCUT2D eigenvalue weighted by atomic mass is 10.0. The van der Waals surface area contributed by atoms with Crippen molar-refractivity contribution in [2.75, 3.05) is 13.2 Å². The number of carbonyl (C=O) groups excluding carboxylic acids is 1. The van der Waals surface area contributed by atoms with E-state index in [9.17, 15) is 4.79 Å². The molecule has 0 aromatic heterocycles. The second kappa shape index (κ2) is 12.8. The van der Waals surface area contributed by atoms with Crippen molar-refractivity contribution in [3.63, 3.8) is 0 Å². The molecule has 140 valence electrons. The predicted octanol–water partition coefficient (Wildman–Crippen LogP) is 4.87. The van der Waals surface area contributed by atoms with Crippen molar-refractivity contribution in [3.05, 3.63) is 47.5 Å². The molecule has 0 bridgehead atoms. The average Bonchev–Trinajstić information content (AvgIpc) is 2.64. The van der Waals surface area contributed by atoms with Crippen molar-refractivity contribution in [3.8, 4) is 35.1 Å². The maximum atomic E-state index is 12.3. The molecule has 0 heterocycles. The zero-order chi connectivity index (χ0) is 20.0. The van der Waals surface area contributed by atoms with Crippen molar-refractivity contribution >= 4 is 13.9 Å². The fourth-order valence-corrected chi connectivity index (χ4v) is 2.45. The fourth-order valence-electron chi connectivity index (χ4n) is 1.97. The van der Waals surface area contributed by atoms with Gasteiger partial charge in [-0.1, -0.05) is 75.5 Å². The summed E-state index contributed by atoms with van der Waals surface area (Å²) in [6.45, 7) is 9.41. The molecule has 0 atom stereocenters. The number of benzene rings is 1. The predicted molar refractivity (Wildman–Crippen MR) is 116 cm³/mol. The minimum atomic E-state index is -1.59. The van der Waals surface area contributed by atoms with Crippen LogP contribution in [0.3, 0.4) is 0 Å². The quantitative estimate of drug-likeness (QED) is 0.223. The number of hydrogen-bond acceptors (Lipinski definition) is 2. The number of carbonyl (C=O) groups is 1. The molecule has 0 aliphatic rings. The second-order valence-corrected chi connectivity index (χ2v) is 11.8.